The highest BCUT2D eigenvalue weighted by Gasteiger charge is 2.30. The highest BCUT2D eigenvalue weighted by Crippen LogP contribution is 2.38. The Morgan fingerprint density at radius 3 is 2.68 bits per heavy atom. The van der Waals surface area contributed by atoms with Gasteiger partial charge in [-0.25, -0.2) is 9.97 Å². The maximum Gasteiger partial charge on any atom is 0.217 e. The summed E-state index contributed by atoms with van der Waals surface area (Å²) in [5, 5.41) is 0. The molecule has 19 heavy (non-hydrogen) atoms. The molecule has 0 bridgehead atoms. The van der Waals surface area contributed by atoms with Crippen LogP contribution in [0.15, 0.2) is 12.4 Å². The number of aromatic nitrogens is 2. The summed E-state index contributed by atoms with van der Waals surface area (Å²) < 4.78 is 5.71. The fourth-order valence-electron chi connectivity index (χ4n) is 2.74. The molecular weight excluding hydrogens is 236 g/mol. The van der Waals surface area contributed by atoms with E-state index in [1.807, 2.05) is 19.9 Å². The van der Waals surface area contributed by atoms with Crippen LogP contribution < -0.4 is 4.74 Å². The van der Waals surface area contributed by atoms with Crippen molar-refractivity contribution < 1.29 is 4.74 Å². The second-order valence-corrected chi connectivity index (χ2v) is 5.52. The van der Waals surface area contributed by atoms with Crippen molar-refractivity contribution in [1.82, 2.24) is 9.97 Å². The van der Waals surface area contributed by atoms with E-state index in [1.165, 1.54) is 32.1 Å². The molecule has 1 aromatic heterocycles. The van der Waals surface area contributed by atoms with Gasteiger partial charge in [0, 0.05) is 11.5 Å². The van der Waals surface area contributed by atoms with Crippen molar-refractivity contribution in [2.45, 2.75) is 64.4 Å². The average Bonchev–Trinajstić information content (AvgIpc) is 2.40. The van der Waals surface area contributed by atoms with E-state index in [1.54, 1.807) is 6.33 Å². The van der Waals surface area contributed by atoms with Gasteiger partial charge in [-0.05, 0) is 26.7 Å². The van der Waals surface area contributed by atoms with E-state index in [0.29, 0.717) is 5.88 Å². The van der Waals surface area contributed by atoms with Crippen LogP contribution in [0.1, 0.15) is 58.6 Å². The minimum atomic E-state index is -0.132. The van der Waals surface area contributed by atoms with E-state index < -0.39 is 0 Å². The van der Waals surface area contributed by atoms with Crippen molar-refractivity contribution in [3.05, 3.63) is 18.1 Å². The summed E-state index contributed by atoms with van der Waals surface area (Å²) in [6.45, 7) is 6.04. The van der Waals surface area contributed by atoms with Crippen molar-refractivity contribution >= 4 is 0 Å². The standard InChI is InChI=1S/C16H22N2O/c1-4-8-13(2)19-15-11-14(17-12-18-15)16(3)9-6-5-7-10-16/h11-13H,5-7,9-10H2,1-3H3. The van der Waals surface area contributed by atoms with Gasteiger partial charge < -0.3 is 4.74 Å². The molecule has 102 valence electrons. The topological polar surface area (TPSA) is 35.0 Å². The van der Waals surface area contributed by atoms with Gasteiger partial charge in [-0.3, -0.25) is 0 Å². The van der Waals surface area contributed by atoms with Crippen LogP contribution in [0, 0.1) is 11.8 Å². The Hall–Kier alpha value is -1.56. The zero-order valence-corrected chi connectivity index (χ0v) is 12.1. The molecule has 3 nitrogen and oxygen atoms in total. The van der Waals surface area contributed by atoms with Crippen molar-refractivity contribution in [1.29, 1.82) is 0 Å². The molecule has 1 aliphatic carbocycles. The lowest BCUT2D eigenvalue weighted by Gasteiger charge is -2.32. The van der Waals surface area contributed by atoms with Crippen molar-refractivity contribution in [2.75, 3.05) is 0 Å². The van der Waals surface area contributed by atoms with Crippen molar-refractivity contribution in [3.8, 4) is 17.7 Å². The minimum absolute atomic E-state index is 0.132. The summed E-state index contributed by atoms with van der Waals surface area (Å²) in [5.74, 6) is 6.46. The molecule has 0 saturated heterocycles. The third-order valence-corrected chi connectivity index (χ3v) is 3.86. The van der Waals surface area contributed by atoms with Gasteiger partial charge in [0.05, 0.1) is 5.69 Å². The largest absolute Gasteiger partial charge is 0.461 e. The zero-order chi connectivity index (χ0) is 13.7. The zero-order valence-electron chi connectivity index (χ0n) is 12.1. The highest BCUT2D eigenvalue weighted by molar-refractivity contribution is 5.22. The first-order valence-electron chi connectivity index (χ1n) is 7.05. The molecule has 1 heterocycles. The van der Waals surface area contributed by atoms with Gasteiger partial charge in [0.2, 0.25) is 5.88 Å². The average molecular weight is 258 g/mol. The van der Waals surface area contributed by atoms with E-state index in [-0.39, 0.29) is 11.5 Å². The molecule has 1 fully saturated rings. The van der Waals surface area contributed by atoms with Crippen LogP contribution in [0.3, 0.4) is 0 Å². The summed E-state index contributed by atoms with van der Waals surface area (Å²) in [7, 11) is 0. The molecule has 1 aliphatic rings. The molecule has 3 heteroatoms. The van der Waals surface area contributed by atoms with Gasteiger partial charge in [-0.2, -0.15) is 0 Å². The van der Waals surface area contributed by atoms with E-state index >= 15 is 0 Å². The van der Waals surface area contributed by atoms with Gasteiger partial charge >= 0.3 is 0 Å². The summed E-state index contributed by atoms with van der Waals surface area (Å²) in [5.41, 5.74) is 1.28. The lowest BCUT2D eigenvalue weighted by atomic mass is 9.73. The minimum Gasteiger partial charge on any atom is -0.461 e. The Balaban J connectivity index is 2.15. The van der Waals surface area contributed by atoms with Crippen LogP contribution in [0.4, 0.5) is 0 Å². The predicted molar refractivity (Wildman–Crippen MR) is 76.0 cm³/mol. The van der Waals surface area contributed by atoms with E-state index in [4.69, 9.17) is 4.74 Å². The molecule has 1 saturated carbocycles. The fraction of sp³-hybridized carbons (Fsp3) is 0.625. The number of hydrogen-bond donors (Lipinski definition) is 0. The summed E-state index contributed by atoms with van der Waals surface area (Å²) in [6.07, 6.45) is 7.79. The Kier molecular flexibility index (Phi) is 4.42. The van der Waals surface area contributed by atoms with Crippen LogP contribution in [0.25, 0.3) is 0 Å². The van der Waals surface area contributed by atoms with Crippen LogP contribution in [-0.4, -0.2) is 16.1 Å². The molecular formula is C16H22N2O. The van der Waals surface area contributed by atoms with Gasteiger partial charge in [0.1, 0.15) is 6.33 Å². The lowest BCUT2D eigenvalue weighted by molar-refractivity contribution is 0.262. The molecule has 1 unspecified atom stereocenters. The molecule has 0 radical (unpaired) electrons. The molecule has 0 aromatic carbocycles. The van der Waals surface area contributed by atoms with Crippen molar-refractivity contribution in [2.24, 2.45) is 0 Å². The third-order valence-electron chi connectivity index (χ3n) is 3.86. The number of rotatable bonds is 3. The van der Waals surface area contributed by atoms with E-state index in [0.717, 1.165) is 5.69 Å². The van der Waals surface area contributed by atoms with Crippen LogP contribution in [0.2, 0.25) is 0 Å². The summed E-state index contributed by atoms with van der Waals surface area (Å²) in [6, 6.07) is 1.99. The monoisotopic (exact) mass is 258 g/mol. The first-order valence-corrected chi connectivity index (χ1v) is 7.05. The van der Waals surface area contributed by atoms with Crippen molar-refractivity contribution in [3.63, 3.8) is 0 Å². The van der Waals surface area contributed by atoms with Crippen LogP contribution in [-0.2, 0) is 5.41 Å². The molecule has 0 spiro atoms. The molecule has 0 N–H and O–H groups in total. The smallest absolute Gasteiger partial charge is 0.217 e. The Morgan fingerprint density at radius 2 is 2.00 bits per heavy atom. The first kappa shape index (κ1) is 13.9. The normalized spacial score (nSPS) is 19.1. The molecule has 1 atom stereocenters. The van der Waals surface area contributed by atoms with Gasteiger partial charge in [0.15, 0.2) is 6.10 Å². The second-order valence-electron chi connectivity index (χ2n) is 5.52. The lowest BCUT2D eigenvalue weighted by Crippen LogP contribution is -2.26. The van der Waals surface area contributed by atoms with Crippen LogP contribution in [0.5, 0.6) is 5.88 Å². The second kappa shape index (κ2) is 6.06. The maximum atomic E-state index is 5.71. The highest BCUT2D eigenvalue weighted by atomic mass is 16.5. The quantitative estimate of drug-likeness (QED) is 0.778. The first-order chi connectivity index (χ1) is 9.14. The fourth-order valence-corrected chi connectivity index (χ4v) is 2.74. The molecule has 0 aliphatic heterocycles. The van der Waals surface area contributed by atoms with Gasteiger partial charge in [-0.15, -0.1) is 5.92 Å². The van der Waals surface area contributed by atoms with E-state index in [9.17, 15) is 0 Å². The van der Waals surface area contributed by atoms with Gasteiger partial charge in [0.25, 0.3) is 0 Å². The van der Waals surface area contributed by atoms with Crippen LogP contribution >= 0.6 is 0 Å². The van der Waals surface area contributed by atoms with Gasteiger partial charge in [-0.1, -0.05) is 32.1 Å². The predicted octanol–water partition coefficient (Wildman–Crippen LogP) is 3.49. The Bertz CT molecular complexity index is 481. The summed E-state index contributed by atoms with van der Waals surface area (Å²) >= 11 is 0. The van der Waals surface area contributed by atoms with E-state index in [2.05, 4.69) is 28.7 Å². The number of ether oxygens (including phenoxy) is 1. The number of hydrogen-bond acceptors (Lipinski definition) is 3. The number of nitrogens with zero attached hydrogens (tertiary/aromatic N) is 2. The third kappa shape index (κ3) is 3.47. The Labute approximate surface area is 115 Å². The molecule has 2 rings (SSSR count). The maximum absolute atomic E-state index is 5.71. The molecule has 0 amide bonds. The summed E-state index contributed by atoms with van der Waals surface area (Å²) in [4.78, 5) is 8.65. The Morgan fingerprint density at radius 1 is 1.26 bits per heavy atom. The SMILES string of the molecule is CC#CC(C)Oc1cc(C2(C)CCCCC2)ncn1. The molecule has 1 aromatic rings.